The average Bonchev–Trinajstić information content (AvgIpc) is 3.05. The van der Waals surface area contributed by atoms with Crippen molar-refractivity contribution in [2.24, 2.45) is 11.8 Å². The Balaban J connectivity index is 1.55. The number of hydrogen-bond donors (Lipinski definition) is 4. The Morgan fingerprint density at radius 2 is 1.68 bits per heavy atom. The monoisotopic (exact) mass is 605 g/mol. The van der Waals surface area contributed by atoms with Gasteiger partial charge in [-0.1, -0.05) is 11.6 Å². The predicted octanol–water partition coefficient (Wildman–Crippen LogP) is 2.99. The molecule has 2 aromatic rings. The van der Waals surface area contributed by atoms with E-state index in [0.717, 1.165) is 13.0 Å². The summed E-state index contributed by atoms with van der Waals surface area (Å²) in [6.07, 6.45) is -2.67. The van der Waals surface area contributed by atoms with E-state index in [-0.39, 0.29) is 28.3 Å². The van der Waals surface area contributed by atoms with Gasteiger partial charge in [0.1, 0.15) is 18.8 Å². The molecule has 4 N–H and O–H groups in total. The summed E-state index contributed by atoms with van der Waals surface area (Å²) < 4.78 is 72.4. The number of halogens is 4. The second kappa shape index (κ2) is 11.3. The Bertz CT molecular complexity index is 1400. The van der Waals surface area contributed by atoms with E-state index in [2.05, 4.69) is 5.32 Å². The molecule has 2 fully saturated rings. The minimum absolute atomic E-state index is 0.0758. The molecule has 0 heterocycles. The highest BCUT2D eigenvalue weighted by molar-refractivity contribution is 7.92. The lowest BCUT2D eigenvalue weighted by Gasteiger charge is -2.46. The van der Waals surface area contributed by atoms with Gasteiger partial charge in [-0.05, 0) is 55.7 Å². The number of hydrogen-bond acceptors (Lipinski definition) is 8. The first-order chi connectivity index (χ1) is 18.7. The molecule has 9 nitrogen and oxygen atoms in total. The maximum absolute atomic E-state index is 13.7. The minimum atomic E-state index is -4.19. The first-order valence-electron chi connectivity index (χ1n) is 12.4. The van der Waals surface area contributed by atoms with Crippen LogP contribution in [-0.4, -0.2) is 65.3 Å². The molecule has 2 saturated carbocycles. The van der Waals surface area contributed by atoms with Gasteiger partial charge in [0, 0.05) is 30.3 Å². The van der Waals surface area contributed by atoms with Gasteiger partial charge in [0.2, 0.25) is 0 Å². The first-order valence-corrected chi connectivity index (χ1v) is 14.3. The van der Waals surface area contributed by atoms with Crippen molar-refractivity contribution in [2.45, 2.75) is 60.6 Å². The van der Waals surface area contributed by atoms with Gasteiger partial charge in [0.15, 0.2) is 27.3 Å². The molecule has 0 aromatic heterocycles. The van der Waals surface area contributed by atoms with E-state index in [1.807, 2.05) is 0 Å². The molecule has 40 heavy (non-hydrogen) atoms. The fourth-order valence-electron chi connectivity index (χ4n) is 5.75. The largest absolute Gasteiger partial charge is 0.463 e. The standard InChI is InChI=1S/C26H27ClF3NO8S/c1-12(32)39-11-21(33)24(34)26(36)14-3-4-15(26)8-17(7-14)40(37,38)22-6-13(2-5-18(22)27)25(35)31-16-9-19(28)23(30)20(29)10-16/h2,5-6,9-10,14-15,17,21,24,33-34,36H,3-4,7-8,11H2,1H3,(H,31,35)/t14-,15?,17-,21-,24+,26-/m0/s1. The van der Waals surface area contributed by atoms with E-state index in [0.29, 0.717) is 25.0 Å². The Labute approximate surface area is 232 Å². The van der Waals surface area contributed by atoms with Crippen molar-refractivity contribution in [3.05, 3.63) is 58.4 Å². The Morgan fingerprint density at radius 1 is 1.10 bits per heavy atom. The lowest BCUT2D eigenvalue weighted by molar-refractivity contribution is -0.187. The van der Waals surface area contributed by atoms with Crippen LogP contribution in [0.25, 0.3) is 0 Å². The Kier molecular flexibility index (Phi) is 8.53. The normalized spacial score (nSPS) is 25.8. The van der Waals surface area contributed by atoms with Crippen molar-refractivity contribution in [1.82, 2.24) is 0 Å². The van der Waals surface area contributed by atoms with Crippen LogP contribution in [0.2, 0.25) is 5.02 Å². The van der Waals surface area contributed by atoms with Gasteiger partial charge >= 0.3 is 5.97 Å². The highest BCUT2D eigenvalue weighted by Crippen LogP contribution is 2.54. The van der Waals surface area contributed by atoms with Crippen molar-refractivity contribution < 1.29 is 51.2 Å². The second-order valence-corrected chi connectivity index (χ2v) is 12.8. The average molecular weight is 606 g/mol. The number of carbonyl (C=O) groups excluding carboxylic acids is 2. The Hall–Kier alpha value is -2.71. The van der Waals surface area contributed by atoms with Crippen LogP contribution >= 0.6 is 11.6 Å². The zero-order valence-electron chi connectivity index (χ0n) is 21.1. The van der Waals surface area contributed by atoms with Gasteiger partial charge in [-0.15, -0.1) is 0 Å². The van der Waals surface area contributed by atoms with Crippen LogP contribution in [0, 0.1) is 29.3 Å². The fraction of sp³-hybridized carbons (Fsp3) is 0.462. The van der Waals surface area contributed by atoms with Gasteiger partial charge in [-0.3, -0.25) is 9.59 Å². The van der Waals surface area contributed by atoms with Gasteiger partial charge in [-0.25, -0.2) is 21.6 Å². The number of rotatable bonds is 8. The number of fused-ring (bicyclic) bond motifs is 2. The molecular formula is C26H27ClF3NO8S. The number of sulfone groups is 1. The molecule has 2 aliphatic rings. The molecule has 0 saturated heterocycles. The smallest absolute Gasteiger partial charge is 0.302 e. The van der Waals surface area contributed by atoms with Gasteiger partial charge in [0.05, 0.1) is 20.8 Å². The molecule has 4 rings (SSSR count). The van der Waals surface area contributed by atoms with E-state index in [4.69, 9.17) is 16.3 Å². The lowest BCUT2D eigenvalue weighted by atomic mass is 9.70. The number of ether oxygens (including phenoxy) is 1. The number of carbonyl (C=O) groups is 2. The third kappa shape index (κ3) is 5.57. The van der Waals surface area contributed by atoms with Crippen molar-refractivity contribution in [3.8, 4) is 0 Å². The molecule has 2 aromatic carbocycles. The number of aliphatic hydroxyl groups is 3. The number of amides is 1. The third-order valence-electron chi connectivity index (χ3n) is 7.74. The quantitative estimate of drug-likeness (QED) is 0.265. The lowest BCUT2D eigenvalue weighted by Crippen LogP contribution is -2.60. The van der Waals surface area contributed by atoms with Crippen LogP contribution in [0.4, 0.5) is 18.9 Å². The fourth-order valence-corrected chi connectivity index (χ4v) is 8.16. The molecule has 14 heteroatoms. The van der Waals surface area contributed by atoms with E-state index in [9.17, 15) is 46.5 Å². The van der Waals surface area contributed by atoms with Crippen LogP contribution < -0.4 is 5.32 Å². The van der Waals surface area contributed by atoms with Crippen LogP contribution in [0.15, 0.2) is 35.2 Å². The second-order valence-electron chi connectivity index (χ2n) is 10.2. The SMILES string of the molecule is CC(=O)OC[C@H](O)[C@@H](O)[C@@]1(O)C2CC[C@H]1C[C@H](S(=O)(=O)c1cc(C(=O)Nc3cc(F)c(F)c(F)c3)ccc1Cl)C2. The van der Waals surface area contributed by atoms with Gasteiger partial charge in [0.25, 0.3) is 5.91 Å². The molecule has 2 aliphatic carbocycles. The summed E-state index contributed by atoms with van der Waals surface area (Å²) in [7, 11) is -4.19. The third-order valence-corrected chi connectivity index (χ3v) is 10.4. The molecule has 6 atom stereocenters. The molecular weight excluding hydrogens is 579 g/mol. The van der Waals surface area contributed by atoms with E-state index in [1.165, 1.54) is 12.1 Å². The van der Waals surface area contributed by atoms with Crippen LogP contribution in [0.1, 0.15) is 43.0 Å². The highest BCUT2D eigenvalue weighted by Gasteiger charge is 2.60. The zero-order valence-corrected chi connectivity index (χ0v) is 22.7. The molecule has 1 unspecified atom stereocenters. The summed E-state index contributed by atoms with van der Waals surface area (Å²) in [5, 5.41) is 33.4. The summed E-state index contributed by atoms with van der Waals surface area (Å²) in [4.78, 5) is 23.4. The summed E-state index contributed by atoms with van der Waals surface area (Å²) >= 11 is 6.20. The molecule has 218 valence electrons. The summed E-state index contributed by atoms with van der Waals surface area (Å²) in [6, 6.07) is 4.54. The van der Waals surface area contributed by atoms with E-state index < -0.39 is 86.4 Å². The van der Waals surface area contributed by atoms with Gasteiger partial charge in [-0.2, -0.15) is 0 Å². The molecule has 2 bridgehead atoms. The van der Waals surface area contributed by atoms with Crippen molar-refractivity contribution in [1.29, 1.82) is 0 Å². The number of benzene rings is 2. The molecule has 0 aliphatic heterocycles. The van der Waals surface area contributed by atoms with E-state index >= 15 is 0 Å². The Morgan fingerprint density at radius 3 is 2.23 bits per heavy atom. The molecule has 0 spiro atoms. The topological polar surface area (TPSA) is 150 Å². The van der Waals surface area contributed by atoms with Crippen molar-refractivity contribution in [3.63, 3.8) is 0 Å². The van der Waals surface area contributed by atoms with Gasteiger partial charge < -0.3 is 25.4 Å². The van der Waals surface area contributed by atoms with Crippen LogP contribution in [0.3, 0.4) is 0 Å². The van der Waals surface area contributed by atoms with Crippen molar-refractivity contribution in [2.75, 3.05) is 11.9 Å². The predicted molar refractivity (Wildman–Crippen MR) is 136 cm³/mol. The van der Waals surface area contributed by atoms with Crippen LogP contribution in [-0.2, 0) is 19.4 Å². The van der Waals surface area contributed by atoms with E-state index in [1.54, 1.807) is 0 Å². The zero-order chi connectivity index (χ0) is 29.6. The summed E-state index contributed by atoms with van der Waals surface area (Å²) in [5.74, 6) is -7.78. The summed E-state index contributed by atoms with van der Waals surface area (Å²) in [6.45, 7) is 0.585. The van der Waals surface area contributed by atoms with Crippen molar-refractivity contribution >= 4 is 39.0 Å². The minimum Gasteiger partial charge on any atom is -0.463 e. The number of esters is 1. The maximum Gasteiger partial charge on any atom is 0.302 e. The number of nitrogens with one attached hydrogen (secondary N) is 1. The maximum atomic E-state index is 13.7. The first kappa shape index (κ1) is 30.3. The molecule has 0 radical (unpaired) electrons. The highest BCUT2D eigenvalue weighted by atomic mass is 35.5. The number of anilines is 1. The van der Waals surface area contributed by atoms with Crippen LogP contribution in [0.5, 0.6) is 0 Å². The summed E-state index contributed by atoms with van der Waals surface area (Å²) in [5.41, 5.74) is -2.40. The number of aliphatic hydroxyl groups excluding tert-OH is 2. The molecule has 1 amide bonds.